The predicted molar refractivity (Wildman–Crippen MR) is 499 cm³/mol. The maximum absolute atomic E-state index is 10.2. The second-order valence-electron chi connectivity index (χ2n) is 50.1. The minimum absolute atomic E-state index is 0.0766. The molecule has 16 rings (SSSR count). The average Bonchev–Trinajstić information content (AvgIpc) is 1.68. The van der Waals surface area contributed by atoms with Crippen LogP contribution in [0.15, 0.2) is 58.7 Å². The van der Waals surface area contributed by atoms with Gasteiger partial charge in [0.2, 0.25) is 0 Å². The van der Waals surface area contributed by atoms with Crippen molar-refractivity contribution < 1.29 is 20.4 Å². The van der Waals surface area contributed by atoms with Crippen LogP contribution in [0, 0.1) is 203 Å². The molecule has 35 atom stereocenters. The largest absolute Gasteiger partial charge is 0.393 e. The van der Waals surface area contributed by atoms with E-state index in [1.165, 1.54) is 212 Å². The average molecular weight is 1610 g/mol. The number of rotatable bonds is 21. The number of allylic oxidation sites excluding steroid dienone is 6. The van der Waals surface area contributed by atoms with Gasteiger partial charge in [0.1, 0.15) is 0 Å². The van der Waals surface area contributed by atoms with Crippen molar-refractivity contribution in [2.75, 3.05) is 0 Å². The number of hydrogen-bond acceptors (Lipinski definition) is 4. The molecule has 0 bridgehead atoms. The minimum atomic E-state index is -0.0870. The molecule has 16 aliphatic carbocycles. The highest BCUT2D eigenvalue weighted by atomic mass is 16.3. The molecular formula is C113H192O4. The first kappa shape index (κ1) is 93.2. The fraction of sp³-hybridized carbons (Fsp3) is 0.912. The van der Waals surface area contributed by atoms with E-state index in [4.69, 9.17) is 0 Å². The monoisotopic (exact) mass is 1610 g/mol. The fourth-order valence-corrected chi connectivity index (χ4v) is 35.5. The lowest BCUT2D eigenvalue weighted by molar-refractivity contribution is -0.0575. The van der Waals surface area contributed by atoms with Crippen LogP contribution >= 0.6 is 0 Å². The molecule has 12 saturated carbocycles. The topological polar surface area (TPSA) is 80.9 Å². The molecule has 0 aromatic heterocycles. The summed E-state index contributed by atoms with van der Waals surface area (Å²) in [6.07, 6.45) is 69.0. The Balaban J connectivity index is 0.000000136. The Morgan fingerprint density at radius 2 is 0.632 bits per heavy atom. The summed E-state index contributed by atoms with van der Waals surface area (Å²) in [6.45, 7) is 57.5. The van der Waals surface area contributed by atoms with Crippen molar-refractivity contribution in [3.8, 4) is 0 Å². The number of aliphatic hydroxyl groups is 4. The van der Waals surface area contributed by atoms with Gasteiger partial charge >= 0.3 is 0 Å². The Hall–Kier alpha value is -1.46. The van der Waals surface area contributed by atoms with Gasteiger partial charge in [0.25, 0.3) is 0 Å². The zero-order valence-electron chi connectivity index (χ0n) is 81.1. The molecule has 0 aromatic carbocycles. The number of fused-ring (bicyclic) bond motifs is 20. The lowest BCUT2D eigenvalue weighted by atomic mass is 9.47. The molecular weight excluding hydrogens is 1420 g/mol. The van der Waals surface area contributed by atoms with Crippen LogP contribution in [0.5, 0.6) is 0 Å². The second kappa shape index (κ2) is 37.5. The molecule has 0 aromatic rings. The Morgan fingerprint density at radius 3 is 0.932 bits per heavy atom. The summed E-state index contributed by atoms with van der Waals surface area (Å²) >= 11 is 0. The van der Waals surface area contributed by atoms with E-state index in [0.717, 1.165) is 205 Å². The van der Waals surface area contributed by atoms with E-state index in [1.54, 1.807) is 22.3 Å². The number of aliphatic hydroxyl groups excluding tert-OH is 4. The Kier molecular flexibility index (Phi) is 29.8. The molecule has 0 amide bonds. The van der Waals surface area contributed by atoms with Crippen LogP contribution < -0.4 is 0 Å². The van der Waals surface area contributed by atoms with E-state index < -0.39 is 0 Å². The Morgan fingerprint density at radius 1 is 0.316 bits per heavy atom. The van der Waals surface area contributed by atoms with Gasteiger partial charge in [-0.2, -0.15) is 0 Å². The van der Waals surface area contributed by atoms with Gasteiger partial charge in [-0.05, 0) is 421 Å². The van der Waals surface area contributed by atoms with Crippen LogP contribution in [0.4, 0.5) is 0 Å². The molecule has 0 aliphatic heterocycles. The molecule has 16 aliphatic rings. The van der Waals surface area contributed by atoms with Crippen LogP contribution in [-0.2, 0) is 0 Å². The molecule has 0 saturated heterocycles. The summed E-state index contributed by atoms with van der Waals surface area (Å²) in [7, 11) is 0. The smallest absolute Gasteiger partial charge is 0.0577 e. The van der Waals surface area contributed by atoms with Crippen LogP contribution in [0.3, 0.4) is 0 Å². The fourth-order valence-electron chi connectivity index (χ4n) is 35.5. The maximum atomic E-state index is 10.2. The van der Waals surface area contributed by atoms with Crippen molar-refractivity contribution in [2.45, 2.75) is 447 Å². The molecule has 117 heavy (non-hydrogen) atoms. The van der Waals surface area contributed by atoms with Gasteiger partial charge in [-0.15, -0.1) is 0 Å². The van der Waals surface area contributed by atoms with Crippen LogP contribution in [0.2, 0.25) is 0 Å². The molecule has 4 N–H and O–H groups in total. The Bertz CT molecular complexity index is 3390. The van der Waals surface area contributed by atoms with Crippen LogP contribution in [-0.4, -0.2) is 44.8 Å². The van der Waals surface area contributed by atoms with Gasteiger partial charge in [-0.25, -0.2) is 0 Å². The minimum Gasteiger partial charge on any atom is -0.393 e. The zero-order valence-corrected chi connectivity index (χ0v) is 81.1. The Labute approximate surface area is 724 Å². The van der Waals surface area contributed by atoms with Crippen molar-refractivity contribution in [3.63, 3.8) is 0 Å². The molecule has 0 spiro atoms. The zero-order chi connectivity index (χ0) is 84.4. The van der Waals surface area contributed by atoms with Crippen LogP contribution in [0.25, 0.3) is 0 Å². The van der Waals surface area contributed by atoms with Gasteiger partial charge < -0.3 is 20.4 Å². The molecule has 12 fully saturated rings. The first-order valence-corrected chi connectivity index (χ1v) is 52.5. The highest BCUT2D eigenvalue weighted by molar-refractivity contribution is 5.30. The molecule has 4 nitrogen and oxygen atoms in total. The standard InChI is InChI=1S/C29H50O.C29H48O.C28H48O.C27H46O/c2*1-7-21(19(2)3)9-8-20(4)25-12-13-26-24-11-10-22-18-23(30)14-16-28(22,5)27(24)15-17-29(25,26)6;1-18(2)19(3)7-8-20(4)24-11-12-25-23-10-9-21-17-22(29)13-15-27(21,5)26(23)14-16-28(24,25)6;1-18(2)7-6-8-19(3)23-11-12-24-22-10-9-20-17-21(28)13-15-26(20,4)25(22)14-16-27(23,24)5/h10,19-21,23-27,30H,7-9,11-18H2,1-6H3;8-10,19-21,23-27,30H,7,11-18H2,1-6H3;9,18-20,22-26,29H,7-8,10-17H2,1-6H3;9,18-19,21-25,28H,6-8,10-17H2,1-5H3/b;9-8+;;. The molecule has 4 heteroatoms. The second-order valence-corrected chi connectivity index (χ2v) is 50.1. The third-order valence-electron chi connectivity index (χ3n) is 43.4. The van der Waals surface area contributed by atoms with Gasteiger partial charge in [0.15, 0.2) is 0 Å². The summed E-state index contributed by atoms with van der Waals surface area (Å²) < 4.78 is 0. The maximum Gasteiger partial charge on any atom is 0.0577 e. The van der Waals surface area contributed by atoms with Gasteiger partial charge in [-0.3, -0.25) is 0 Å². The van der Waals surface area contributed by atoms with E-state index in [0.29, 0.717) is 49.2 Å². The highest BCUT2D eigenvalue weighted by Crippen LogP contribution is 2.73. The molecule has 668 valence electrons. The van der Waals surface area contributed by atoms with Crippen molar-refractivity contribution in [3.05, 3.63) is 58.7 Å². The van der Waals surface area contributed by atoms with E-state index in [9.17, 15) is 20.4 Å². The predicted octanol–water partition coefficient (Wildman–Crippen LogP) is 30.8. The lowest BCUT2D eigenvalue weighted by Crippen LogP contribution is -2.50. The van der Waals surface area contributed by atoms with Gasteiger partial charge in [-0.1, -0.05) is 263 Å². The SMILES string of the molecule is CC(C)C(C)CCC(C)C1CCC2C3CC=C4CC(O)CCC4(C)C3CCC12C.CC(C)CCCC(C)C1CCC2C3CC=C4CC(O)CCC4(C)C3CCC12C.CCC(/C=C/C(C)C1CCC2C3CC=C4CC(O)CCC4(C)C3CCC12C)C(C)C.CCC(CCC(C)C1CCC2C3CC=C4CC(O)CCC4(C)C3CCC12C)C(C)C. The summed E-state index contributed by atoms with van der Waals surface area (Å²) in [5.41, 5.74) is 10.3. The van der Waals surface area contributed by atoms with E-state index >= 15 is 0 Å². The summed E-state index contributed by atoms with van der Waals surface area (Å²) in [5.74, 6) is 23.7. The molecule has 35 unspecified atom stereocenters. The van der Waals surface area contributed by atoms with Crippen molar-refractivity contribution in [2.24, 2.45) is 203 Å². The number of hydrogen-bond donors (Lipinski definition) is 4. The molecule has 0 radical (unpaired) electrons. The van der Waals surface area contributed by atoms with Gasteiger partial charge in [0, 0.05) is 0 Å². The highest BCUT2D eigenvalue weighted by Gasteiger charge is 2.65. The first-order chi connectivity index (χ1) is 55.3. The quantitative estimate of drug-likeness (QED) is 0.0864. The van der Waals surface area contributed by atoms with E-state index in [-0.39, 0.29) is 24.4 Å². The first-order valence-electron chi connectivity index (χ1n) is 52.5. The molecule has 0 heterocycles. The summed E-state index contributed by atoms with van der Waals surface area (Å²) in [4.78, 5) is 0. The summed E-state index contributed by atoms with van der Waals surface area (Å²) in [5, 5.41) is 40.9. The van der Waals surface area contributed by atoms with Crippen molar-refractivity contribution in [1.82, 2.24) is 0 Å². The normalized spacial score (nSPS) is 46.0. The summed E-state index contributed by atoms with van der Waals surface area (Å²) in [6, 6.07) is 0. The van der Waals surface area contributed by atoms with Gasteiger partial charge in [0.05, 0.1) is 24.4 Å². The van der Waals surface area contributed by atoms with Crippen molar-refractivity contribution >= 4 is 0 Å². The van der Waals surface area contributed by atoms with Crippen LogP contribution in [0.1, 0.15) is 422 Å². The van der Waals surface area contributed by atoms with Crippen molar-refractivity contribution in [1.29, 1.82) is 0 Å². The third kappa shape index (κ3) is 18.0. The van der Waals surface area contributed by atoms with E-state index in [1.807, 2.05) is 0 Å². The lowest BCUT2D eigenvalue weighted by Gasteiger charge is -2.58. The third-order valence-corrected chi connectivity index (χ3v) is 43.4. The van der Waals surface area contributed by atoms with E-state index in [2.05, 4.69) is 196 Å².